The lowest BCUT2D eigenvalue weighted by atomic mass is 10.2. The summed E-state index contributed by atoms with van der Waals surface area (Å²) in [5.41, 5.74) is 23.6. The number of nitrogens with two attached hydrogens (primary N) is 4. The number of nitrogens with zero attached hydrogens (tertiary/aromatic N) is 2. The Morgan fingerprint density at radius 1 is 0.639 bits per heavy atom. The van der Waals surface area contributed by atoms with E-state index in [0.717, 1.165) is 10.7 Å². The van der Waals surface area contributed by atoms with Gasteiger partial charge >= 0.3 is 0 Å². The molecule has 192 valence electrons. The molecule has 4 aromatic rings. The van der Waals surface area contributed by atoms with Crippen LogP contribution in [0.2, 0.25) is 10.0 Å². The Balaban J connectivity index is 0.000000248. The molecule has 0 aliphatic carbocycles. The fourth-order valence-corrected chi connectivity index (χ4v) is 2.71. The van der Waals surface area contributed by atoms with Crippen molar-refractivity contribution in [2.75, 3.05) is 44.3 Å². The summed E-state index contributed by atoms with van der Waals surface area (Å²) in [7, 11) is 4.66. The Morgan fingerprint density at radius 2 is 1.25 bits per heavy atom. The van der Waals surface area contributed by atoms with Gasteiger partial charge in [-0.1, -0.05) is 29.3 Å². The maximum atomic E-state index is 5.62. The zero-order valence-corrected chi connectivity index (χ0v) is 21.7. The van der Waals surface area contributed by atoms with E-state index >= 15 is 0 Å². The molecule has 0 unspecified atom stereocenters. The molecule has 0 radical (unpaired) electrons. The first-order valence-corrected chi connectivity index (χ1v) is 11.0. The van der Waals surface area contributed by atoms with E-state index in [1.54, 1.807) is 88.3 Å². The summed E-state index contributed by atoms with van der Waals surface area (Å²) in [5, 5.41) is 1.41. The Morgan fingerprint density at radius 3 is 1.58 bits per heavy atom. The highest BCUT2D eigenvalue weighted by atomic mass is 35.5. The number of methoxy groups -OCH3 is 3. The van der Waals surface area contributed by atoms with Crippen LogP contribution in [-0.2, 0) is 0 Å². The molecule has 1 heterocycles. The second-order valence-corrected chi connectivity index (χ2v) is 7.57. The summed E-state index contributed by atoms with van der Waals surface area (Å²) >= 11 is 11.1. The van der Waals surface area contributed by atoms with Gasteiger partial charge in [-0.25, -0.2) is 4.98 Å². The molecule has 0 fully saturated rings. The van der Waals surface area contributed by atoms with Crippen LogP contribution in [0.25, 0.3) is 0 Å². The fraction of sp³-hybridized carbons (Fsp3) is 0.120. The van der Waals surface area contributed by atoms with Gasteiger partial charge in [0.05, 0.1) is 27.5 Å². The van der Waals surface area contributed by atoms with Crippen molar-refractivity contribution in [1.82, 2.24) is 9.97 Å². The van der Waals surface area contributed by atoms with Gasteiger partial charge in [-0.2, -0.15) is 0 Å². The van der Waals surface area contributed by atoms with E-state index in [2.05, 4.69) is 9.97 Å². The molecule has 3 aromatic carbocycles. The number of rotatable bonds is 3. The van der Waals surface area contributed by atoms with Crippen LogP contribution < -0.4 is 37.1 Å². The minimum atomic E-state index is 0.461. The Hall–Kier alpha value is -4.08. The summed E-state index contributed by atoms with van der Waals surface area (Å²) in [6.07, 6.45) is 4.63. The first-order valence-electron chi connectivity index (χ1n) is 10.3. The second-order valence-electron chi connectivity index (χ2n) is 6.70. The van der Waals surface area contributed by atoms with Gasteiger partial charge < -0.3 is 37.1 Å². The maximum Gasteiger partial charge on any atom is 0.203 e. The summed E-state index contributed by atoms with van der Waals surface area (Å²) in [4.78, 5) is 7.39. The largest absolute Gasteiger partial charge is 0.493 e. The fourth-order valence-electron chi connectivity index (χ4n) is 2.38. The summed E-state index contributed by atoms with van der Waals surface area (Å²) in [6.45, 7) is 0. The number of hydrogen-bond donors (Lipinski definition) is 4. The molecule has 0 spiro atoms. The van der Waals surface area contributed by atoms with E-state index < -0.39 is 0 Å². The number of hydrogen-bond acceptors (Lipinski definition) is 9. The quantitative estimate of drug-likeness (QED) is 0.260. The topological polar surface area (TPSA) is 158 Å². The minimum absolute atomic E-state index is 0.461. The summed E-state index contributed by atoms with van der Waals surface area (Å²) in [6, 6.07) is 17.5. The number of benzene rings is 3. The van der Waals surface area contributed by atoms with Crippen LogP contribution in [-0.4, -0.2) is 31.3 Å². The first-order chi connectivity index (χ1) is 17.2. The number of anilines is 4. The van der Waals surface area contributed by atoms with Crippen molar-refractivity contribution in [3.63, 3.8) is 0 Å². The van der Waals surface area contributed by atoms with Crippen LogP contribution in [0.15, 0.2) is 79.3 Å². The Labute approximate surface area is 220 Å². The van der Waals surface area contributed by atoms with Gasteiger partial charge in [0, 0.05) is 51.6 Å². The molecule has 8 N–H and O–H groups in total. The number of halogens is 2. The van der Waals surface area contributed by atoms with Crippen molar-refractivity contribution in [1.29, 1.82) is 0 Å². The van der Waals surface area contributed by atoms with Gasteiger partial charge in [-0.05, 0) is 42.5 Å². The highest BCUT2D eigenvalue weighted by Crippen LogP contribution is 2.38. The molecule has 0 atom stereocenters. The van der Waals surface area contributed by atoms with Crippen molar-refractivity contribution in [3.8, 4) is 17.2 Å². The predicted molar refractivity (Wildman–Crippen MR) is 149 cm³/mol. The first kappa shape index (κ1) is 30.0. The van der Waals surface area contributed by atoms with Crippen molar-refractivity contribution in [3.05, 3.63) is 89.3 Å². The highest BCUT2D eigenvalue weighted by Gasteiger charge is 2.11. The molecule has 0 saturated heterocycles. The minimum Gasteiger partial charge on any atom is -0.493 e. The molecule has 9 nitrogen and oxygen atoms in total. The molecule has 0 aliphatic rings. The molecule has 11 heteroatoms. The average molecular weight is 533 g/mol. The molecule has 0 amide bonds. The third-order valence-corrected chi connectivity index (χ3v) is 4.48. The zero-order chi connectivity index (χ0) is 26.9. The van der Waals surface area contributed by atoms with Crippen molar-refractivity contribution < 1.29 is 14.2 Å². The molecule has 0 saturated carbocycles. The van der Waals surface area contributed by atoms with Gasteiger partial charge in [0.15, 0.2) is 11.5 Å². The van der Waals surface area contributed by atoms with Crippen LogP contribution in [0.4, 0.5) is 22.9 Å². The standard InChI is InChI=1S/C9H13NO3.2C6H6ClN.C4H5N3/c1-11-7-4-6(10)5-8(12-2)9(7)13-3;7-5-1-3-6(8)4-2-5;7-5-2-1-3-6(8)4-5;5-4-3-6-1-2-7-4/h4-5H,10H2,1-3H3;2*1-4H,8H2;1-3H,(H2,5,7). The van der Waals surface area contributed by atoms with E-state index in [9.17, 15) is 0 Å². The summed E-state index contributed by atoms with van der Waals surface area (Å²) < 4.78 is 15.3. The maximum absolute atomic E-state index is 5.62. The van der Waals surface area contributed by atoms with Crippen molar-refractivity contribution >= 4 is 46.1 Å². The smallest absolute Gasteiger partial charge is 0.203 e. The zero-order valence-electron chi connectivity index (χ0n) is 20.2. The lowest BCUT2D eigenvalue weighted by molar-refractivity contribution is 0.325. The Kier molecular flexibility index (Phi) is 13.8. The molecular weight excluding hydrogens is 503 g/mol. The lowest BCUT2D eigenvalue weighted by Gasteiger charge is -2.12. The molecule has 1 aromatic heterocycles. The van der Waals surface area contributed by atoms with Crippen molar-refractivity contribution in [2.24, 2.45) is 0 Å². The molecular formula is C25H30Cl2N6O3. The monoisotopic (exact) mass is 532 g/mol. The third kappa shape index (κ3) is 11.9. The van der Waals surface area contributed by atoms with Crippen LogP contribution in [0.5, 0.6) is 17.2 Å². The van der Waals surface area contributed by atoms with Crippen LogP contribution in [0.1, 0.15) is 0 Å². The van der Waals surface area contributed by atoms with Crippen LogP contribution in [0, 0.1) is 0 Å². The van der Waals surface area contributed by atoms with E-state index in [-0.39, 0.29) is 0 Å². The van der Waals surface area contributed by atoms with Crippen LogP contribution in [0.3, 0.4) is 0 Å². The van der Waals surface area contributed by atoms with Gasteiger partial charge in [-0.15, -0.1) is 0 Å². The van der Waals surface area contributed by atoms with Gasteiger partial charge in [0.1, 0.15) is 5.82 Å². The predicted octanol–water partition coefficient (Wildman–Crippen LogP) is 5.20. The number of nitrogen functional groups attached to an aromatic ring is 4. The second kappa shape index (κ2) is 16.5. The number of aromatic nitrogens is 2. The lowest BCUT2D eigenvalue weighted by Crippen LogP contribution is -1.96. The highest BCUT2D eigenvalue weighted by molar-refractivity contribution is 6.31. The molecule has 4 rings (SSSR count). The average Bonchev–Trinajstić information content (AvgIpc) is 2.86. The van der Waals surface area contributed by atoms with Crippen LogP contribution >= 0.6 is 23.2 Å². The van der Waals surface area contributed by atoms with Crippen molar-refractivity contribution in [2.45, 2.75) is 0 Å². The molecule has 36 heavy (non-hydrogen) atoms. The molecule has 0 bridgehead atoms. The van der Waals surface area contributed by atoms with Gasteiger partial charge in [-0.3, -0.25) is 4.98 Å². The van der Waals surface area contributed by atoms with E-state index in [4.69, 9.17) is 60.3 Å². The van der Waals surface area contributed by atoms with E-state index in [1.807, 2.05) is 6.07 Å². The number of ether oxygens (including phenoxy) is 3. The van der Waals surface area contributed by atoms with Gasteiger partial charge in [0.2, 0.25) is 5.75 Å². The third-order valence-electron chi connectivity index (χ3n) is 3.99. The normalized spacial score (nSPS) is 9.14. The molecule has 0 aliphatic heterocycles. The Bertz CT molecular complexity index is 1100. The van der Waals surface area contributed by atoms with E-state index in [0.29, 0.717) is 39.5 Å². The SMILES string of the molecule is COc1cc(N)cc(OC)c1OC.Nc1ccc(Cl)cc1.Nc1cccc(Cl)c1.Nc1cnccn1. The van der Waals surface area contributed by atoms with Gasteiger partial charge in [0.25, 0.3) is 0 Å². The summed E-state index contributed by atoms with van der Waals surface area (Å²) in [5.74, 6) is 2.15. The van der Waals surface area contributed by atoms with E-state index in [1.165, 1.54) is 6.20 Å².